The summed E-state index contributed by atoms with van der Waals surface area (Å²) in [4.78, 5) is 4.25. The molecule has 4 aromatic rings. The Morgan fingerprint density at radius 1 is 0.848 bits per heavy atom. The number of ether oxygens (including phenoxy) is 1. The predicted octanol–water partition coefficient (Wildman–Crippen LogP) is 5.78. The standard InChI is InChI=1S/C22H15F4N5OS/c23-15-3-7-17(8-4-15)29-21(33)28-16-5-1-14(2-6-16)20-27-13-31(30-20)18-9-11-19(12-10-18)32-22(24,25)26/h1-13H,(H2,28,29,33). The number of hydrogen-bond acceptors (Lipinski definition) is 4. The Bertz CT molecular complexity index is 1240. The topological polar surface area (TPSA) is 64.0 Å². The van der Waals surface area contributed by atoms with Crippen LogP contribution in [0.5, 0.6) is 5.75 Å². The third kappa shape index (κ3) is 6.04. The van der Waals surface area contributed by atoms with Gasteiger partial charge in [0.1, 0.15) is 17.9 Å². The van der Waals surface area contributed by atoms with Gasteiger partial charge in [-0.2, -0.15) is 0 Å². The second kappa shape index (κ2) is 9.25. The van der Waals surface area contributed by atoms with Crippen LogP contribution < -0.4 is 15.4 Å². The normalized spacial score (nSPS) is 11.2. The van der Waals surface area contributed by atoms with Crippen molar-refractivity contribution in [3.05, 3.63) is 84.9 Å². The van der Waals surface area contributed by atoms with Gasteiger partial charge in [-0.15, -0.1) is 18.3 Å². The number of nitrogens with one attached hydrogen (secondary N) is 2. The van der Waals surface area contributed by atoms with Crippen LogP contribution in [-0.4, -0.2) is 26.2 Å². The number of hydrogen-bond donors (Lipinski definition) is 2. The van der Waals surface area contributed by atoms with Gasteiger partial charge in [-0.05, 0) is 85.0 Å². The molecule has 4 rings (SSSR count). The fourth-order valence-corrected chi connectivity index (χ4v) is 3.09. The van der Waals surface area contributed by atoms with Gasteiger partial charge < -0.3 is 15.4 Å². The van der Waals surface area contributed by atoms with Crippen molar-refractivity contribution in [2.75, 3.05) is 10.6 Å². The third-order valence-corrected chi connectivity index (χ3v) is 4.53. The van der Waals surface area contributed by atoms with E-state index >= 15 is 0 Å². The van der Waals surface area contributed by atoms with Gasteiger partial charge in [-0.1, -0.05) is 0 Å². The largest absolute Gasteiger partial charge is 0.573 e. The quantitative estimate of drug-likeness (QED) is 0.283. The molecule has 2 N–H and O–H groups in total. The van der Waals surface area contributed by atoms with E-state index in [1.54, 1.807) is 36.4 Å². The van der Waals surface area contributed by atoms with E-state index in [4.69, 9.17) is 12.2 Å². The van der Waals surface area contributed by atoms with Crippen LogP contribution in [0.15, 0.2) is 79.1 Å². The Hall–Kier alpha value is -3.99. The number of rotatable bonds is 5. The van der Waals surface area contributed by atoms with Gasteiger partial charge in [-0.3, -0.25) is 0 Å². The molecular weight excluding hydrogens is 458 g/mol. The molecule has 168 valence electrons. The van der Waals surface area contributed by atoms with Gasteiger partial charge in [0.05, 0.1) is 5.69 Å². The van der Waals surface area contributed by atoms with Crippen molar-refractivity contribution in [2.24, 2.45) is 0 Å². The molecule has 0 aliphatic carbocycles. The molecule has 0 bridgehead atoms. The summed E-state index contributed by atoms with van der Waals surface area (Å²) in [6.07, 6.45) is -3.29. The van der Waals surface area contributed by atoms with E-state index in [0.29, 0.717) is 22.3 Å². The molecular formula is C22H15F4N5OS. The van der Waals surface area contributed by atoms with Gasteiger partial charge in [0.25, 0.3) is 0 Å². The van der Waals surface area contributed by atoms with Crippen LogP contribution in [0.25, 0.3) is 17.1 Å². The number of benzene rings is 3. The summed E-state index contributed by atoms with van der Waals surface area (Å²) in [5.41, 5.74) is 2.63. The summed E-state index contributed by atoms with van der Waals surface area (Å²) in [5, 5.41) is 10.7. The molecule has 1 aromatic heterocycles. The van der Waals surface area contributed by atoms with Gasteiger partial charge in [0, 0.05) is 16.9 Å². The summed E-state index contributed by atoms with van der Waals surface area (Å²) in [6, 6.07) is 18.3. The average molecular weight is 473 g/mol. The number of alkyl halides is 3. The molecule has 0 saturated heterocycles. The summed E-state index contributed by atoms with van der Waals surface area (Å²) in [7, 11) is 0. The highest BCUT2D eigenvalue weighted by molar-refractivity contribution is 7.80. The minimum Gasteiger partial charge on any atom is -0.406 e. The van der Waals surface area contributed by atoms with Crippen molar-refractivity contribution in [2.45, 2.75) is 6.36 Å². The lowest BCUT2D eigenvalue weighted by molar-refractivity contribution is -0.274. The maximum atomic E-state index is 13.0. The Morgan fingerprint density at radius 3 is 2.00 bits per heavy atom. The van der Waals surface area contributed by atoms with Crippen LogP contribution >= 0.6 is 12.2 Å². The number of halogens is 4. The van der Waals surface area contributed by atoms with Crippen molar-refractivity contribution >= 4 is 28.7 Å². The maximum absolute atomic E-state index is 13.0. The maximum Gasteiger partial charge on any atom is 0.573 e. The van der Waals surface area contributed by atoms with Crippen LogP contribution in [0.4, 0.5) is 28.9 Å². The minimum absolute atomic E-state index is 0.318. The zero-order valence-electron chi connectivity index (χ0n) is 16.7. The van der Waals surface area contributed by atoms with Crippen molar-refractivity contribution in [3.63, 3.8) is 0 Å². The molecule has 0 aliphatic rings. The molecule has 1 heterocycles. The van der Waals surface area contributed by atoms with Crippen molar-refractivity contribution in [3.8, 4) is 22.8 Å². The van der Waals surface area contributed by atoms with E-state index in [2.05, 4.69) is 25.5 Å². The Morgan fingerprint density at radius 2 is 1.42 bits per heavy atom. The van der Waals surface area contributed by atoms with E-state index in [1.807, 2.05) is 0 Å². The molecule has 0 amide bonds. The molecule has 0 aliphatic heterocycles. The fourth-order valence-electron chi connectivity index (χ4n) is 2.85. The predicted molar refractivity (Wildman–Crippen MR) is 120 cm³/mol. The molecule has 0 atom stereocenters. The van der Waals surface area contributed by atoms with Crippen LogP contribution in [0.1, 0.15) is 0 Å². The first-order chi connectivity index (χ1) is 15.7. The van der Waals surface area contributed by atoms with E-state index in [9.17, 15) is 17.6 Å². The Labute approximate surface area is 190 Å². The van der Waals surface area contributed by atoms with Crippen LogP contribution in [0, 0.1) is 5.82 Å². The smallest absolute Gasteiger partial charge is 0.406 e. The highest BCUT2D eigenvalue weighted by Crippen LogP contribution is 2.24. The second-order valence-corrected chi connectivity index (χ2v) is 7.13. The van der Waals surface area contributed by atoms with Gasteiger partial charge in [-0.25, -0.2) is 14.1 Å². The molecule has 0 spiro atoms. The van der Waals surface area contributed by atoms with Crippen LogP contribution in [0.2, 0.25) is 0 Å². The van der Waals surface area contributed by atoms with Crippen molar-refractivity contribution < 1.29 is 22.3 Å². The van der Waals surface area contributed by atoms with Gasteiger partial charge in [0.2, 0.25) is 0 Å². The molecule has 0 fully saturated rings. The first-order valence-electron chi connectivity index (χ1n) is 9.47. The summed E-state index contributed by atoms with van der Waals surface area (Å²) < 4.78 is 55.2. The lowest BCUT2D eigenvalue weighted by Gasteiger charge is -2.10. The molecule has 11 heteroatoms. The lowest BCUT2D eigenvalue weighted by Crippen LogP contribution is -2.18. The van der Waals surface area contributed by atoms with Gasteiger partial charge >= 0.3 is 6.36 Å². The van der Waals surface area contributed by atoms with Crippen molar-refractivity contribution in [1.29, 1.82) is 0 Å². The lowest BCUT2D eigenvalue weighted by atomic mass is 10.2. The summed E-state index contributed by atoms with van der Waals surface area (Å²) in [6.45, 7) is 0. The van der Waals surface area contributed by atoms with E-state index in [1.165, 1.54) is 47.4 Å². The monoisotopic (exact) mass is 473 g/mol. The average Bonchev–Trinajstić information content (AvgIpc) is 3.25. The highest BCUT2D eigenvalue weighted by atomic mass is 32.1. The molecule has 6 nitrogen and oxygen atoms in total. The summed E-state index contributed by atoms with van der Waals surface area (Å²) >= 11 is 5.26. The Kier molecular flexibility index (Phi) is 6.22. The number of nitrogens with zero attached hydrogens (tertiary/aromatic N) is 3. The zero-order valence-corrected chi connectivity index (χ0v) is 17.5. The molecule has 33 heavy (non-hydrogen) atoms. The minimum atomic E-state index is -4.75. The number of thiocarbonyl (C=S) groups is 1. The first kappa shape index (κ1) is 22.2. The number of anilines is 2. The highest BCUT2D eigenvalue weighted by Gasteiger charge is 2.31. The van der Waals surface area contributed by atoms with E-state index < -0.39 is 6.36 Å². The van der Waals surface area contributed by atoms with Crippen LogP contribution in [0.3, 0.4) is 0 Å². The molecule has 0 unspecified atom stereocenters. The van der Waals surface area contributed by atoms with Gasteiger partial charge in [0.15, 0.2) is 10.9 Å². The van der Waals surface area contributed by atoms with Crippen LogP contribution in [-0.2, 0) is 0 Å². The fraction of sp³-hybridized carbons (Fsp3) is 0.0455. The second-order valence-electron chi connectivity index (χ2n) is 6.72. The molecule has 0 saturated carbocycles. The van der Waals surface area contributed by atoms with E-state index in [0.717, 1.165) is 11.3 Å². The summed E-state index contributed by atoms with van der Waals surface area (Å²) in [5.74, 6) is -0.218. The first-order valence-corrected chi connectivity index (χ1v) is 9.88. The zero-order chi connectivity index (χ0) is 23.4. The molecule has 3 aromatic carbocycles. The van der Waals surface area contributed by atoms with E-state index in [-0.39, 0.29) is 11.6 Å². The number of aromatic nitrogens is 3. The third-order valence-electron chi connectivity index (χ3n) is 4.33. The Balaban J connectivity index is 1.39. The van der Waals surface area contributed by atoms with Crippen molar-refractivity contribution in [1.82, 2.24) is 14.8 Å². The molecule has 0 radical (unpaired) electrons. The SMILES string of the molecule is Fc1ccc(NC(=S)Nc2ccc(-c3ncn(-c4ccc(OC(F)(F)F)cc4)n3)cc2)cc1.